The van der Waals surface area contributed by atoms with E-state index in [1.54, 1.807) is 18.0 Å². The van der Waals surface area contributed by atoms with Crippen LogP contribution < -0.4 is 0 Å². The normalized spacial score (nSPS) is 11.5. The van der Waals surface area contributed by atoms with Crippen molar-refractivity contribution in [1.82, 2.24) is 14.6 Å². The lowest BCUT2D eigenvalue weighted by Gasteiger charge is -2.07. The minimum Gasteiger partial charge on any atom is -0.463 e. The monoisotopic (exact) mass is 309 g/mol. The highest BCUT2D eigenvalue weighted by Gasteiger charge is 2.14. The molecule has 3 heterocycles. The van der Waals surface area contributed by atoms with Gasteiger partial charge in [-0.25, -0.2) is 0 Å². The summed E-state index contributed by atoms with van der Waals surface area (Å²) in [6, 6.07) is 14.4. The molecule has 0 saturated carbocycles. The van der Waals surface area contributed by atoms with E-state index in [-0.39, 0.29) is 0 Å². The van der Waals surface area contributed by atoms with Crippen LogP contribution in [0.5, 0.6) is 0 Å². The van der Waals surface area contributed by atoms with Gasteiger partial charge in [-0.2, -0.15) is 0 Å². The third kappa shape index (κ3) is 2.18. The van der Waals surface area contributed by atoms with E-state index in [4.69, 9.17) is 4.42 Å². The van der Waals surface area contributed by atoms with Gasteiger partial charge in [-0.15, -0.1) is 10.2 Å². The summed E-state index contributed by atoms with van der Waals surface area (Å²) in [6.45, 7) is 2.09. The standard InChI is InChI=1S/C17H15N3OS/c1-2-16-18-19-17(22-11-12-6-4-3-5-7-12)14-10-15-13(20(14)16)8-9-21-15/h3-10H,2,11H2,1H3. The number of rotatable bonds is 4. The first-order valence-electron chi connectivity index (χ1n) is 7.27. The maximum absolute atomic E-state index is 5.53. The van der Waals surface area contributed by atoms with Crippen LogP contribution in [0.15, 0.2) is 58.2 Å². The lowest BCUT2D eigenvalue weighted by molar-refractivity contribution is 0.616. The lowest BCUT2D eigenvalue weighted by Crippen LogP contribution is -2.03. The Kier molecular flexibility index (Phi) is 3.35. The van der Waals surface area contributed by atoms with E-state index in [1.165, 1.54) is 5.56 Å². The molecule has 22 heavy (non-hydrogen) atoms. The summed E-state index contributed by atoms with van der Waals surface area (Å²) in [7, 11) is 0. The molecule has 0 aliphatic rings. The van der Waals surface area contributed by atoms with E-state index in [2.05, 4.69) is 51.9 Å². The van der Waals surface area contributed by atoms with Gasteiger partial charge >= 0.3 is 0 Å². The van der Waals surface area contributed by atoms with E-state index in [1.807, 2.05) is 12.1 Å². The summed E-state index contributed by atoms with van der Waals surface area (Å²) in [5.74, 6) is 1.83. The molecular formula is C17H15N3OS. The zero-order chi connectivity index (χ0) is 14.9. The zero-order valence-corrected chi connectivity index (χ0v) is 13.0. The highest BCUT2D eigenvalue weighted by Crippen LogP contribution is 2.30. The molecule has 0 spiro atoms. The fraction of sp³-hybridized carbons (Fsp3) is 0.176. The molecule has 0 fully saturated rings. The molecule has 4 nitrogen and oxygen atoms in total. The molecule has 0 saturated heterocycles. The van der Waals surface area contributed by atoms with Crippen LogP contribution in [0.2, 0.25) is 0 Å². The minimum atomic E-state index is 0.835. The number of thioether (sulfide) groups is 1. The van der Waals surface area contributed by atoms with Crippen LogP contribution in [0.4, 0.5) is 0 Å². The third-order valence-corrected chi connectivity index (χ3v) is 4.73. The van der Waals surface area contributed by atoms with Gasteiger partial charge in [0, 0.05) is 24.3 Å². The summed E-state index contributed by atoms with van der Waals surface area (Å²) in [4.78, 5) is 0. The van der Waals surface area contributed by atoms with Gasteiger partial charge in [-0.3, -0.25) is 4.40 Å². The molecule has 0 radical (unpaired) electrons. The number of aromatic nitrogens is 3. The number of hydrogen-bond donors (Lipinski definition) is 0. The maximum Gasteiger partial charge on any atom is 0.152 e. The van der Waals surface area contributed by atoms with Crippen LogP contribution in [0.25, 0.3) is 16.6 Å². The fourth-order valence-electron chi connectivity index (χ4n) is 2.62. The smallest absolute Gasteiger partial charge is 0.152 e. The molecule has 5 heteroatoms. The van der Waals surface area contributed by atoms with Crippen molar-refractivity contribution < 1.29 is 4.42 Å². The van der Waals surface area contributed by atoms with E-state index < -0.39 is 0 Å². The molecule has 1 aromatic carbocycles. The van der Waals surface area contributed by atoms with E-state index >= 15 is 0 Å². The molecular weight excluding hydrogens is 294 g/mol. The van der Waals surface area contributed by atoms with Gasteiger partial charge < -0.3 is 4.42 Å². The summed E-state index contributed by atoms with van der Waals surface area (Å²) < 4.78 is 7.69. The highest BCUT2D eigenvalue weighted by atomic mass is 32.2. The van der Waals surface area contributed by atoms with Crippen molar-refractivity contribution in [2.24, 2.45) is 0 Å². The topological polar surface area (TPSA) is 43.3 Å². The number of fused-ring (bicyclic) bond motifs is 3. The molecule has 3 aromatic heterocycles. The van der Waals surface area contributed by atoms with Crippen molar-refractivity contribution in [3.63, 3.8) is 0 Å². The van der Waals surface area contributed by atoms with Gasteiger partial charge in [0.25, 0.3) is 0 Å². The predicted molar refractivity (Wildman–Crippen MR) is 88.1 cm³/mol. The van der Waals surface area contributed by atoms with Crippen LogP contribution in [0, 0.1) is 0 Å². The molecule has 4 rings (SSSR count). The number of hydrogen-bond acceptors (Lipinski definition) is 4. The Hall–Kier alpha value is -2.27. The minimum absolute atomic E-state index is 0.835. The highest BCUT2D eigenvalue weighted by molar-refractivity contribution is 7.98. The van der Waals surface area contributed by atoms with Gasteiger partial charge in [0.15, 0.2) is 5.58 Å². The largest absolute Gasteiger partial charge is 0.463 e. The average molecular weight is 309 g/mol. The van der Waals surface area contributed by atoms with Crippen molar-refractivity contribution in [1.29, 1.82) is 0 Å². The number of aryl methyl sites for hydroxylation is 1. The summed E-state index contributed by atoms with van der Waals surface area (Å²) in [5, 5.41) is 9.75. The zero-order valence-electron chi connectivity index (χ0n) is 12.2. The molecule has 0 unspecified atom stereocenters. The Morgan fingerprint density at radius 2 is 1.95 bits per heavy atom. The van der Waals surface area contributed by atoms with Gasteiger partial charge in [0.2, 0.25) is 0 Å². The first kappa shape index (κ1) is 13.4. The fourth-order valence-corrected chi connectivity index (χ4v) is 3.51. The Labute approximate surface area is 132 Å². The van der Waals surface area contributed by atoms with E-state index in [0.717, 1.165) is 39.6 Å². The molecule has 0 aliphatic carbocycles. The van der Waals surface area contributed by atoms with Gasteiger partial charge in [0.05, 0.1) is 17.3 Å². The molecule has 0 amide bonds. The van der Waals surface area contributed by atoms with Crippen LogP contribution in [0.1, 0.15) is 18.3 Å². The second kappa shape index (κ2) is 5.50. The number of furan rings is 1. The number of nitrogens with zero attached hydrogens (tertiary/aromatic N) is 3. The van der Waals surface area contributed by atoms with Crippen molar-refractivity contribution in [2.75, 3.05) is 0 Å². The molecule has 0 N–H and O–H groups in total. The van der Waals surface area contributed by atoms with E-state index in [9.17, 15) is 0 Å². The van der Waals surface area contributed by atoms with Crippen LogP contribution >= 0.6 is 11.8 Å². The second-order valence-corrected chi connectivity index (χ2v) is 6.05. The Bertz CT molecular complexity index is 927. The van der Waals surface area contributed by atoms with E-state index in [0.29, 0.717) is 0 Å². The van der Waals surface area contributed by atoms with Crippen molar-refractivity contribution in [2.45, 2.75) is 24.1 Å². The van der Waals surface area contributed by atoms with Crippen molar-refractivity contribution in [3.8, 4) is 0 Å². The Morgan fingerprint density at radius 3 is 2.77 bits per heavy atom. The first-order chi connectivity index (χ1) is 10.9. The van der Waals surface area contributed by atoms with Crippen molar-refractivity contribution >= 4 is 28.4 Å². The van der Waals surface area contributed by atoms with Gasteiger partial charge in [-0.05, 0) is 5.56 Å². The predicted octanol–water partition coefficient (Wildman–Crippen LogP) is 4.33. The summed E-state index contributed by atoms with van der Waals surface area (Å²) in [5.41, 5.74) is 4.29. The second-order valence-electron chi connectivity index (χ2n) is 5.08. The molecule has 0 bridgehead atoms. The molecule has 0 aliphatic heterocycles. The maximum atomic E-state index is 5.53. The molecule has 4 aromatic rings. The Morgan fingerprint density at radius 1 is 1.09 bits per heavy atom. The van der Waals surface area contributed by atoms with Gasteiger partial charge in [-0.1, -0.05) is 49.0 Å². The van der Waals surface area contributed by atoms with Gasteiger partial charge in [0.1, 0.15) is 10.9 Å². The molecule has 110 valence electrons. The summed E-state index contributed by atoms with van der Waals surface area (Å²) >= 11 is 1.70. The summed E-state index contributed by atoms with van der Waals surface area (Å²) in [6.07, 6.45) is 2.55. The average Bonchev–Trinajstić information content (AvgIpc) is 3.15. The van der Waals surface area contributed by atoms with Crippen LogP contribution in [0.3, 0.4) is 0 Å². The SMILES string of the molecule is CCc1nnc(SCc2ccccc2)c2cc3occc3n12. The van der Waals surface area contributed by atoms with Crippen LogP contribution in [-0.4, -0.2) is 14.6 Å². The lowest BCUT2D eigenvalue weighted by atomic mass is 10.2. The quantitative estimate of drug-likeness (QED) is 0.526. The third-order valence-electron chi connectivity index (χ3n) is 3.69. The number of benzene rings is 1. The first-order valence-corrected chi connectivity index (χ1v) is 8.26. The van der Waals surface area contributed by atoms with Crippen LogP contribution in [-0.2, 0) is 12.2 Å². The Balaban J connectivity index is 1.78. The molecule has 0 atom stereocenters. The van der Waals surface area contributed by atoms with Crippen molar-refractivity contribution in [3.05, 3.63) is 60.1 Å².